The number of amidine groups is 1. The Morgan fingerprint density at radius 1 is 1.09 bits per heavy atom. The van der Waals surface area contributed by atoms with Crippen LogP contribution in [0.2, 0.25) is 10.0 Å². The van der Waals surface area contributed by atoms with Gasteiger partial charge in [0.05, 0.1) is 5.69 Å². The van der Waals surface area contributed by atoms with Crippen molar-refractivity contribution in [1.29, 1.82) is 0 Å². The Kier molecular flexibility index (Phi) is 7.44. The molecule has 0 saturated carbocycles. The molecular weight excluding hydrogens is 469 g/mol. The van der Waals surface area contributed by atoms with Crippen LogP contribution < -0.4 is 10.0 Å². The third kappa shape index (κ3) is 6.00. The Balaban J connectivity index is 2.10. The molecule has 0 radical (unpaired) electrons. The summed E-state index contributed by atoms with van der Waals surface area (Å²) in [6, 6.07) is 16.3. The standard InChI is InChI=1S/C23H23Cl2N3O3S/c1-23(2,3)31-21(29)13-28(32-16-11-14(24)10-15(25)12-16)20-9-5-6-17-18(20)7-4-8-19(17)22(26)27-30/h4-12,30H,13H2,1-3H3,(H2,26,27). The summed E-state index contributed by atoms with van der Waals surface area (Å²) in [5.74, 6) is -0.386. The third-order valence-corrected chi connectivity index (χ3v) is 5.72. The number of nitrogens with two attached hydrogens (primary N) is 1. The van der Waals surface area contributed by atoms with Gasteiger partial charge in [-0.2, -0.15) is 0 Å². The Morgan fingerprint density at radius 2 is 1.72 bits per heavy atom. The molecule has 3 rings (SSSR count). The van der Waals surface area contributed by atoms with E-state index in [1.807, 2.05) is 55.4 Å². The molecule has 0 heterocycles. The van der Waals surface area contributed by atoms with Gasteiger partial charge in [0.1, 0.15) is 12.1 Å². The molecule has 0 amide bonds. The van der Waals surface area contributed by atoms with Gasteiger partial charge in [-0.15, -0.1) is 0 Å². The molecule has 0 fully saturated rings. The van der Waals surface area contributed by atoms with Crippen molar-refractivity contribution in [2.24, 2.45) is 10.9 Å². The van der Waals surface area contributed by atoms with Crippen molar-refractivity contribution >= 4 is 63.4 Å². The van der Waals surface area contributed by atoms with Crippen molar-refractivity contribution in [3.05, 3.63) is 70.2 Å². The van der Waals surface area contributed by atoms with Gasteiger partial charge in [0.2, 0.25) is 0 Å². The summed E-state index contributed by atoms with van der Waals surface area (Å²) in [6.45, 7) is 5.43. The minimum atomic E-state index is -0.620. The van der Waals surface area contributed by atoms with Gasteiger partial charge in [0.25, 0.3) is 0 Å². The van der Waals surface area contributed by atoms with Crippen LogP contribution in [0.15, 0.2) is 64.6 Å². The second kappa shape index (κ2) is 9.90. The number of fused-ring (bicyclic) bond motifs is 1. The monoisotopic (exact) mass is 491 g/mol. The van der Waals surface area contributed by atoms with Crippen LogP contribution >= 0.6 is 35.1 Å². The molecule has 0 spiro atoms. The smallest absolute Gasteiger partial charge is 0.327 e. The summed E-state index contributed by atoms with van der Waals surface area (Å²) in [6.07, 6.45) is 0. The number of rotatable bonds is 6. The highest BCUT2D eigenvalue weighted by atomic mass is 35.5. The molecule has 0 bridgehead atoms. The van der Waals surface area contributed by atoms with Crippen LogP contribution in [0.3, 0.4) is 0 Å². The van der Waals surface area contributed by atoms with Gasteiger partial charge in [0.15, 0.2) is 5.84 Å². The second-order valence-electron chi connectivity index (χ2n) is 7.98. The van der Waals surface area contributed by atoms with Gasteiger partial charge in [-0.1, -0.05) is 58.7 Å². The number of hydrogen-bond donors (Lipinski definition) is 2. The maximum Gasteiger partial charge on any atom is 0.327 e. The first-order valence-corrected chi connectivity index (χ1v) is 11.2. The molecule has 0 aromatic heterocycles. The zero-order valence-corrected chi connectivity index (χ0v) is 20.1. The maximum atomic E-state index is 12.7. The normalized spacial score (nSPS) is 12.1. The summed E-state index contributed by atoms with van der Waals surface area (Å²) in [7, 11) is 0. The number of ether oxygens (including phenoxy) is 1. The second-order valence-corrected chi connectivity index (χ2v) is 9.95. The zero-order chi connectivity index (χ0) is 23.5. The van der Waals surface area contributed by atoms with Gasteiger partial charge in [-0.3, -0.25) is 4.79 Å². The molecule has 9 heteroatoms. The van der Waals surface area contributed by atoms with Crippen molar-refractivity contribution in [3.8, 4) is 0 Å². The molecule has 6 nitrogen and oxygen atoms in total. The molecular formula is C23H23Cl2N3O3S. The van der Waals surface area contributed by atoms with E-state index in [2.05, 4.69) is 5.16 Å². The molecule has 0 aliphatic rings. The van der Waals surface area contributed by atoms with E-state index in [1.54, 1.807) is 24.3 Å². The first-order valence-electron chi connectivity index (χ1n) is 9.70. The largest absolute Gasteiger partial charge is 0.459 e. The van der Waals surface area contributed by atoms with Crippen molar-refractivity contribution < 1.29 is 14.7 Å². The molecule has 3 aromatic rings. The van der Waals surface area contributed by atoms with Crippen molar-refractivity contribution in [1.82, 2.24) is 0 Å². The fraction of sp³-hybridized carbons (Fsp3) is 0.217. The summed E-state index contributed by atoms with van der Waals surface area (Å²) in [5.41, 5.74) is 6.59. The number of hydrogen-bond acceptors (Lipinski definition) is 6. The minimum Gasteiger partial charge on any atom is -0.459 e. The van der Waals surface area contributed by atoms with Crippen LogP contribution in [0.1, 0.15) is 26.3 Å². The molecule has 3 aromatic carbocycles. The van der Waals surface area contributed by atoms with Crippen LogP contribution in [0.5, 0.6) is 0 Å². The summed E-state index contributed by atoms with van der Waals surface area (Å²) < 4.78 is 7.36. The summed E-state index contributed by atoms with van der Waals surface area (Å²) in [5, 5.41) is 14.9. The quantitative estimate of drug-likeness (QED) is 0.108. The van der Waals surface area contributed by atoms with E-state index < -0.39 is 5.60 Å². The van der Waals surface area contributed by atoms with E-state index in [-0.39, 0.29) is 18.3 Å². The van der Waals surface area contributed by atoms with Crippen molar-refractivity contribution in [2.45, 2.75) is 31.3 Å². The summed E-state index contributed by atoms with van der Waals surface area (Å²) >= 11 is 13.7. The van der Waals surface area contributed by atoms with Gasteiger partial charge in [-0.05, 0) is 62.4 Å². The predicted octanol–water partition coefficient (Wildman–Crippen LogP) is 6.10. The molecule has 0 unspecified atom stereocenters. The van der Waals surface area contributed by atoms with Gasteiger partial charge >= 0.3 is 5.97 Å². The van der Waals surface area contributed by atoms with Crippen LogP contribution in [0.25, 0.3) is 10.8 Å². The maximum absolute atomic E-state index is 12.7. The highest BCUT2D eigenvalue weighted by Gasteiger charge is 2.22. The first-order chi connectivity index (χ1) is 15.1. The topological polar surface area (TPSA) is 88.2 Å². The Labute approximate surface area is 201 Å². The number of halogens is 2. The lowest BCUT2D eigenvalue weighted by Gasteiger charge is -2.27. The SMILES string of the molecule is CC(C)(C)OC(=O)CN(Sc1cc(Cl)cc(Cl)c1)c1cccc2c(/C(N)=N/O)cccc12. The van der Waals surface area contributed by atoms with E-state index in [9.17, 15) is 4.79 Å². The molecule has 0 saturated heterocycles. The molecule has 3 N–H and O–H groups in total. The number of carbonyl (C=O) groups excluding carboxylic acids is 1. The Hall–Kier alpha value is -2.61. The van der Waals surface area contributed by atoms with E-state index in [0.29, 0.717) is 15.6 Å². The fourth-order valence-electron chi connectivity index (χ4n) is 3.15. The van der Waals surface area contributed by atoms with E-state index in [1.165, 1.54) is 11.9 Å². The lowest BCUT2D eigenvalue weighted by Crippen LogP contribution is -2.31. The van der Waals surface area contributed by atoms with Gasteiger partial charge < -0.3 is 20.0 Å². The number of oxime groups is 1. The molecule has 0 atom stereocenters. The highest BCUT2D eigenvalue weighted by molar-refractivity contribution is 8.00. The lowest BCUT2D eigenvalue weighted by atomic mass is 10.0. The van der Waals surface area contributed by atoms with Crippen molar-refractivity contribution in [2.75, 3.05) is 10.8 Å². The molecule has 32 heavy (non-hydrogen) atoms. The first kappa shape index (κ1) is 24.0. The number of esters is 1. The average molecular weight is 492 g/mol. The number of carbonyl (C=O) groups is 1. The Bertz CT molecular complexity index is 1160. The molecule has 168 valence electrons. The van der Waals surface area contributed by atoms with Crippen LogP contribution in [-0.4, -0.2) is 29.2 Å². The average Bonchev–Trinajstić information content (AvgIpc) is 2.69. The fourth-order valence-corrected chi connectivity index (χ4v) is 4.85. The number of benzene rings is 3. The van der Waals surface area contributed by atoms with E-state index in [4.69, 9.17) is 38.9 Å². The number of anilines is 1. The van der Waals surface area contributed by atoms with Crippen LogP contribution in [0, 0.1) is 0 Å². The molecule has 0 aliphatic carbocycles. The minimum absolute atomic E-state index is 0.000665. The van der Waals surface area contributed by atoms with Crippen LogP contribution in [-0.2, 0) is 9.53 Å². The summed E-state index contributed by atoms with van der Waals surface area (Å²) in [4.78, 5) is 13.5. The zero-order valence-electron chi connectivity index (χ0n) is 17.8. The van der Waals surface area contributed by atoms with Gasteiger partial charge in [0, 0.05) is 25.9 Å². The Morgan fingerprint density at radius 3 is 2.34 bits per heavy atom. The van der Waals surface area contributed by atoms with Crippen molar-refractivity contribution in [3.63, 3.8) is 0 Å². The van der Waals surface area contributed by atoms with E-state index >= 15 is 0 Å². The predicted molar refractivity (Wildman–Crippen MR) is 132 cm³/mol. The van der Waals surface area contributed by atoms with E-state index in [0.717, 1.165) is 21.4 Å². The lowest BCUT2D eigenvalue weighted by molar-refractivity contribution is -0.152. The van der Waals surface area contributed by atoms with Gasteiger partial charge in [-0.25, -0.2) is 0 Å². The van der Waals surface area contributed by atoms with Crippen LogP contribution in [0.4, 0.5) is 5.69 Å². The third-order valence-electron chi connectivity index (χ3n) is 4.30. The number of nitrogens with zero attached hydrogens (tertiary/aromatic N) is 2. The highest BCUT2D eigenvalue weighted by Crippen LogP contribution is 2.37. The molecule has 0 aliphatic heterocycles.